The van der Waals surface area contributed by atoms with Crippen molar-refractivity contribution < 1.29 is 9.18 Å². The highest BCUT2D eigenvalue weighted by Crippen LogP contribution is 2.40. The van der Waals surface area contributed by atoms with Crippen LogP contribution in [0.1, 0.15) is 37.8 Å². The van der Waals surface area contributed by atoms with E-state index in [-0.39, 0.29) is 39.7 Å². The Morgan fingerprint density at radius 1 is 1.17 bits per heavy atom. The SMILES string of the molecule is C=CC(=O)N1CCN(c2c(C#N)c(=O)n(-c3ccccc3C(C)C)c3cc(-c4ccc(N)cc4F)c(Cl)cc23)[C@@H](C)C1. The number of halogens is 2. The molecule has 5 rings (SSSR count). The molecule has 0 saturated carbocycles. The van der Waals surface area contributed by atoms with E-state index in [1.54, 1.807) is 29.2 Å². The number of nitrogens with zero attached hydrogens (tertiary/aromatic N) is 4. The van der Waals surface area contributed by atoms with Gasteiger partial charge in [-0.2, -0.15) is 5.26 Å². The minimum absolute atomic E-state index is 0.0288. The molecule has 0 radical (unpaired) electrons. The average molecular weight is 584 g/mol. The van der Waals surface area contributed by atoms with Gasteiger partial charge in [0.05, 0.1) is 16.9 Å². The van der Waals surface area contributed by atoms with Crippen molar-refractivity contribution in [1.29, 1.82) is 5.26 Å². The second-order valence-electron chi connectivity index (χ2n) is 10.8. The smallest absolute Gasteiger partial charge is 0.275 e. The molecule has 4 aromatic rings. The number of aromatic nitrogens is 1. The van der Waals surface area contributed by atoms with Crippen molar-refractivity contribution >= 4 is 39.8 Å². The van der Waals surface area contributed by atoms with Crippen molar-refractivity contribution in [2.24, 2.45) is 0 Å². The lowest BCUT2D eigenvalue weighted by atomic mass is 9.97. The zero-order chi connectivity index (χ0) is 30.3. The van der Waals surface area contributed by atoms with E-state index in [9.17, 15) is 14.9 Å². The fourth-order valence-electron chi connectivity index (χ4n) is 5.79. The summed E-state index contributed by atoms with van der Waals surface area (Å²) >= 11 is 6.85. The van der Waals surface area contributed by atoms with Gasteiger partial charge < -0.3 is 15.5 Å². The van der Waals surface area contributed by atoms with E-state index in [2.05, 4.69) is 12.6 Å². The van der Waals surface area contributed by atoms with E-state index in [1.807, 2.05) is 49.9 Å². The first-order valence-corrected chi connectivity index (χ1v) is 14.1. The Labute approximate surface area is 248 Å². The lowest BCUT2D eigenvalue weighted by molar-refractivity contribution is -0.126. The Morgan fingerprint density at radius 2 is 1.90 bits per heavy atom. The summed E-state index contributed by atoms with van der Waals surface area (Å²) in [5, 5.41) is 11.2. The molecule has 2 N–H and O–H groups in total. The van der Waals surface area contributed by atoms with E-state index in [0.717, 1.165) is 5.56 Å². The van der Waals surface area contributed by atoms with Crippen molar-refractivity contribution in [2.75, 3.05) is 30.3 Å². The molecule has 0 spiro atoms. The van der Waals surface area contributed by atoms with Gasteiger partial charge in [0.15, 0.2) is 0 Å². The van der Waals surface area contributed by atoms with Crippen LogP contribution in [0.4, 0.5) is 15.8 Å². The highest BCUT2D eigenvalue weighted by molar-refractivity contribution is 6.34. The number of amides is 1. The van der Waals surface area contributed by atoms with Gasteiger partial charge in [0.2, 0.25) is 5.91 Å². The summed E-state index contributed by atoms with van der Waals surface area (Å²) in [6.07, 6.45) is 1.28. The third-order valence-electron chi connectivity index (χ3n) is 7.83. The number of piperazine rings is 1. The molecule has 0 aliphatic carbocycles. The van der Waals surface area contributed by atoms with Crippen LogP contribution in [-0.4, -0.2) is 41.1 Å². The molecule has 214 valence electrons. The second kappa shape index (κ2) is 11.3. The Bertz CT molecular complexity index is 1840. The zero-order valence-electron chi connectivity index (χ0n) is 23.7. The molecular weight excluding hydrogens is 553 g/mol. The van der Waals surface area contributed by atoms with Crippen LogP contribution in [0.3, 0.4) is 0 Å². The standard InChI is InChI=1S/C33H31ClFN5O2/c1-5-31(41)38-12-13-39(20(4)18-38)32-25-15-27(34)24(23-11-10-21(37)14-28(23)35)16-30(25)40(33(42)26(32)17-36)29-9-7-6-8-22(29)19(2)3/h5-11,14-16,19-20H,1,12-13,18,37H2,2-4H3/t20-/m0/s1. The zero-order valence-corrected chi connectivity index (χ0v) is 24.5. The van der Waals surface area contributed by atoms with Crippen LogP contribution in [0.15, 0.2) is 72.0 Å². The number of para-hydroxylation sites is 1. The molecule has 1 aliphatic heterocycles. The fraction of sp³-hybridized carbons (Fsp3) is 0.242. The van der Waals surface area contributed by atoms with Crippen molar-refractivity contribution in [2.45, 2.75) is 32.7 Å². The largest absolute Gasteiger partial charge is 0.399 e. The molecule has 1 saturated heterocycles. The number of nitrogens with two attached hydrogens (primary N) is 1. The van der Waals surface area contributed by atoms with E-state index in [1.165, 1.54) is 16.7 Å². The van der Waals surface area contributed by atoms with Gasteiger partial charge in [-0.05, 0) is 60.9 Å². The molecule has 42 heavy (non-hydrogen) atoms. The van der Waals surface area contributed by atoms with Crippen LogP contribution >= 0.6 is 11.6 Å². The molecule has 9 heteroatoms. The fourth-order valence-corrected chi connectivity index (χ4v) is 6.05. The summed E-state index contributed by atoms with van der Waals surface area (Å²) in [6.45, 7) is 10.8. The summed E-state index contributed by atoms with van der Waals surface area (Å²) < 4.78 is 16.7. The van der Waals surface area contributed by atoms with E-state index < -0.39 is 11.4 Å². The molecule has 1 aliphatic rings. The molecule has 1 aromatic heterocycles. The van der Waals surface area contributed by atoms with Crippen LogP contribution in [0, 0.1) is 17.1 Å². The Kier molecular flexibility index (Phi) is 7.81. The summed E-state index contributed by atoms with van der Waals surface area (Å²) in [5.41, 5.74) is 8.66. The van der Waals surface area contributed by atoms with Crippen molar-refractivity contribution in [3.63, 3.8) is 0 Å². The number of nitriles is 1. The number of nitrogen functional groups attached to an aromatic ring is 1. The van der Waals surface area contributed by atoms with Crippen LogP contribution in [0.2, 0.25) is 5.02 Å². The molecule has 1 amide bonds. The van der Waals surface area contributed by atoms with Gasteiger partial charge in [-0.25, -0.2) is 4.39 Å². The maximum Gasteiger partial charge on any atom is 0.275 e. The number of carbonyl (C=O) groups is 1. The quantitative estimate of drug-likeness (QED) is 0.221. The third-order valence-corrected chi connectivity index (χ3v) is 8.14. The van der Waals surface area contributed by atoms with Gasteiger partial charge in [-0.15, -0.1) is 0 Å². The first kappa shape index (κ1) is 28.9. The van der Waals surface area contributed by atoms with E-state index >= 15 is 4.39 Å². The van der Waals surface area contributed by atoms with Gasteiger partial charge in [-0.1, -0.05) is 50.2 Å². The number of hydrogen-bond acceptors (Lipinski definition) is 5. The number of benzene rings is 3. The number of fused-ring (bicyclic) bond motifs is 1. The Hall–Kier alpha value is -4.61. The molecule has 2 heterocycles. The number of carbonyl (C=O) groups excluding carboxylic acids is 1. The first-order valence-electron chi connectivity index (χ1n) is 13.7. The summed E-state index contributed by atoms with van der Waals surface area (Å²) in [7, 11) is 0. The molecule has 0 bridgehead atoms. The second-order valence-corrected chi connectivity index (χ2v) is 11.2. The van der Waals surface area contributed by atoms with Crippen molar-refractivity contribution in [1.82, 2.24) is 9.47 Å². The lowest BCUT2D eigenvalue weighted by Gasteiger charge is -2.41. The molecule has 7 nitrogen and oxygen atoms in total. The third kappa shape index (κ3) is 4.90. The molecular formula is C33H31ClFN5O2. The summed E-state index contributed by atoms with van der Waals surface area (Å²) in [5.74, 6) is -0.644. The normalized spacial score (nSPS) is 15.2. The maximum absolute atomic E-state index is 15.2. The van der Waals surface area contributed by atoms with Gasteiger partial charge in [0.25, 0.3) is 5.56 Å². The maximum atomic E-state index is 15.2. The topological polar surface area (TPSA) is 95.4 Å². The van der Waals surface area contributed by atoms with Crippen molar-refractivity contribution in [3.8, 4) is 22.9 Å². The van der Waals surface area contributed by atoms with Gasteiger partial charge in [-0.3, -0.25) is 14.2 Å². The number of pyridine rings is 1. The molecule has 0 unspecified atom stereocenters. The van der Waals surface area contributed by atoms with Crippen LogP contribution in [-0.2, 0) is 4.79 Å². The Balaban J connectivity index is 1.87. The molecule has 1 atom stereocenters. The first-order chi connectivity index (χ1) is 20.1. The summed E-state index contributed by atoms with van der Waals surface area (Å²) in [4.78, 5) is 30.3. The monoisotopic (exact) mass is 583 g/mol. The molecule has 3 aromatic carbocycles. The average Bonchev–Trinajstić information content (AvgIpc) is 2.96. The predicted octanol–water partition coefficient (Wildman–Crippen LogP) is 6.25. The van der Waals surface area contributed by atoms with Gasteiger partial charge >= 0.3 is 0 Å². The van der Waals surface area contributed by atoms with Crippen LogP contribution < -0.4 is 16.2 Å². The van der Waals surface area contributed by atoms with Gasteiger partial charge in [0.1, 0.15) is 17.4 Å². The van der Waals surface area contributed by atoms with Crippen LogP contribution in [0.5, 0.6) is 0 Å². The van der Waals surface area contributed by atoms with Crippen LogP contribution in [0.25, 0.3) is 27.7 Å². The Morgan fingerprint density at radius 3 is 2.55 bits per heavy atom. The highest BCUT2D eigenvalue weighted by atomic mass is 35.5. The van der Waals surface area contributed by atoms with Crippen molar-refractivity contribution in [3.05, 3.63) is 99.6 Å². The minimum atomic E-state index is -0.543. The lowest BCUT2D eigenvalue weighted by Crippen LogP contribution is -2.54. The predicted molar refractivity (Wildman–Crippen MR) is 167 cm³/mol. The van der Waals surface area contributed by atoms with Gasteiger partial charge in [0, 0.05) is 52.9 Å². The summed E-state index contributed by atoms with van der Waals surface area (Å²) in [6, 6.07) is 17.3. The number of anilines is 2. The minimum Gasteiger partial charge on any atom is -0.399 e. The molecule has 1 fully saturated rings. The van der Waals surface area contributed by atoms with E-state index in [0.29, 0.717) is 47.5 Å². The number of hydrogen-bond donors (Lipinski definition) is 1. The van der Waals surface area contributed by atoms with E-state index in [4.69, 9.17) is 17.3 Å². The highest BCUT2D eigenvalue weighted by Gasteiger charge is 2.31. The number of rotatable bonds is 5.